The van der Waals surface area contributed by atoms with Crippen LogP contribution in [0.2, 0.25) is 0 Å². The number of hydrogen-bond donors (Lipinski definition) is 1. The molecule has 0 saturated carbocycles. The quantitative estimate of drug-likeness (QED) is 0.856. The molecule has 0 radical (unpaired) electrons. The summed E-state index contributed by atoms with van der Waals surface area (Å²) in [6, 6.07) is 4.75. The third kappa shape index (κ3) is 3.74. The van der Waals surface area contributed by atoms with E-state index in [-0.39, 0.29) is 13.0 Å². The van der Waals surface area contributed by atoms with E-state index in [0.29, 0.717) is 17.6 Å². The van der Waals surface area contributed by atoms with E-state index in [4.69, 9.17) is 4.74 Å². The van der Waals surface area contributed by atoms with Crippen molar-refractivity contribution in [2.24, 2.45) is 5.92 Å². The fraction of sp³-hybridized carbons (Fsp3) is 0.474. The molecule has 25 heavy (non-hydrogen) atoms. The molecule has 1 N–H and O–H groups in total. The second-order valence-corrected chi connectivity index (χ2v) is 6.75. The molecule has 2 amide bonds. The van der Waals surface area contributed by atoms with Crippen LogP contribution < -0.4 is 0 Å². The Balaban J connectivity index is 2.20. The molecule has 136 valence electrons. The molecule has 1 saturated heterocycles. The van der Waals surface area contributed by atoms with Crippen molar-refractivity contribution in [3.05, 3.63) is 41.7 Å². The lowest BCUT2D eigenvalue weighted by Crippen LogP contribution is -2.50. The molecule has 0 bridgehead atoms. The highest BCUT2D eigenvalue weighted by Gasteiger charge is 2.48. The molecule has 1 heterocycles. The lowest BCUT2D eigenvalue weighted by atomic mass is 9.91. The van der Waals surface area contributed by atoms with E-state index in [9.17, 15) is 19.1 Å². The molecular weight excluding hydrogens is 325 g/mol. The molecule has 1 aromatic rings. The number of benzene rings is 1. The normalized spacial score (nSPS) is 21.2. The van der Waals surface area contributed by atoms with Gasteiger partial charge in [0.25, 0.3) is 0 Å². The van der Waals surface area contributed by atoms with E-state index in [1.54, 1.807) is 26.0 Å². The highest BCUT2D eigenvalue weighted by Crippen LogP contribution is 2.31. The zero-order valence-electron chi connectivity index (χ0n) is 14.8. The van der Waals surface area contributed by atoms with Crippen LogP contribution in [0.4, 0.5) is 9.18 Å². The van der Waals surface area contributed by atoms with E-state index in [1.165, 1.54) is 6.07 Å². The smallest absolute Gasteiger partial charge is 0.417 e. The van der Waals surface area contributed by atoms with Crippen LogP contribution in [-0.2, 0) is 9.53 Å². The van der Waals surface area contributed by atoms with Gasteiger partial charge in [-0.2, -0.15) is 0 Å². The highest BCUT2D eigenvalue weighted by molar-refractivity contribution is 5.96. The van der Waals surface area contributed by atoms with Gasteiger partial charge in [-0.15, -0.1) is 0 Å². The first-order valence-electron chi connectivity index (χ1n) is 8.29. The Bertz CT molecular complexity index is 703. The summed E-state index contributed by atoms with van der Waals surface area (Å²) in [4.78, 5) is 25.9. The van der Waals surface area contributed by atoms with Gasteiger partial charge in [0.2, 0.25) is 5.91 Å². The van der Waals surface area contributed by atoms with Crippen LogP contribution in [-0.4, -0.2) is 40.8 Å². The Labute approximate surface area is 147 Å². The number of rotatable bonds is 6. The van der Waals surface area contributed by atoms with E-state index < -0.39 is 35.9 Å². The first-order valence-corrected chi connectivity index (χ1v) is 8.29. The van der Waals surface area contributed by atoms with Crippen molar-refractivity contribution in [1.29, 1.82) is 0 Å². The molecule has 1 fully saturated rings. The Morgan fingerprint density at radius 1 is 1.52 bits per heavy atom. The second kappa shape index (κ2) is 7.35. The summed E-state index contributed by atoms with van der Waals surface area (Å²) in [6.45, 7) is 8.91. The SMILES string of the molecule is C=C(C[C@@H](CO)C(=O)N1C(=O)OC[C@@]1(C)CC)c1ccc(C)cc1F. The molecule has 2 rings (SSSR count). The zero-order valence-corrected chi connectivity index (χ0v) is 14.8. The number of ether oxygens (including phenoxy) is 1. The molecule has 0 aliphatic carbocycles. The van der Waals surface area contributed by atoms with Crippen LogP contribution in [0.1, 0.15) is 37.8 Å². The fourth-order valence-corrected chi connectivity index (χ4v) is 2.91. The standard InChI is InChI=1S/C19H24FNO4/c1-5-19(4)11-25-18(24)21(19)17(23)14(10-22)9-13(3)15-7-6-12(2)8-16(15)20/h6-8,14,22H,3,5,9-11H2,1-2,4H3/t14-,19+/m0/s1. The van der Waals surface area contributed by atoms with Gasteiger partial charge in [0.05, 0.1) is 18.1 Å². The Morgan fingerprint density at radius 2 is 2.20 bits per heavy atom. The van der Waals surface area contributed by atoms with Crippen molar-refractivity contribution >= 4 is 17.6 Å². The van der Waals surface area contributed by atoms with Crippen molar-refractivity contribution in [3.63, 3.8) is 0 Å². The maximum Gasteiger partial charge on any atom is 0.417 e. The van der Waals surface area contributed by atoms with Gasteiger partial charge in [0.15, 0.2) is 0 Å². The number of halogens is 1. The molecule has 0 aromatic heterocycles. The number of carbonyl (C=O) groups is 2. The van der Waals surface area contributed by atoms with Gasteiger partial charge in [-0.25, -0.2) is 14.1 Å². The van der Waals surface area contributed by atoms with Crippen molar-refractivity contribution in [2.75, 3.05) is 13.2 Å². The third-order valence-electron chi connectivity index (χ3n) is 4.78. The van der Waals surface area contributed by atoms with Gasteiger partial charge < -0.3 is 9.84 Å². The van der Waals surface area contributed by atoms with Crippen molar-refractivity contribution in [1.82, 2.24) is 4.90 Å². The minimum Gasteiger partial charge on any atom is -0.447 e. The minimum atomic E-state index is -0.885. The number of carbonyl (C=O) groups excluding carboxylic acids is 2. The lowest BCUT2D eigenvalue weighted by molar-refractivity contribution is -0.136. The minimum absolute atomic E-state index is 0.0545. The van der Waals surface area contributed by atoms with Crippen LogP contribution in [0.25, 0.3) is 5.57 Å². The summed E-state index contributed by atoms with van der Waals surface area (Å²) >= 11 is 0. The molecule has 2 atom stereocenters. The molecule has 0 spiro atoms. The largest absolute Gasteiger partial charge is 0.447 e. The molecule has 1 aliphatic heterocycles. The number of imide groups is 1. The van der Waals surface area contributed by atoms with E-state index in [0.717, 1.165) is 10.5 Å². The van der Waals surface area contributed by atoms with Gasteiger partial charge in [-0.05, 0) is 43.9 Å². The van der Waals surface area contributed by atoms with E-state index in [1.807, 2.05) is 6.92 Å². The number of allylic oxidation sites excluding steroid dienone is 1. The van der Waals surface area contributed by atoms with Crippen molar-refractivity contribution in [3.8, 4) is 0 Å². The second-order valence-electron chi connectivity index (χ2n) is 6.75. The Hall–Kier alpha value is -2.21. The van der Waals surface area contributed by atoms with Gasteiger partial charge >= 0.3 is 6.09 Å². The number of amides is 2. The van der Waals surface area contributed by atoms with Crippen LogP contribution in [0, 0.1) is 18.7 Å². The Morgan fingerprint density at radius 3 is 2.76 bits per heavy atom. The van der Waals surface area contributed by atoms with Crippen LogP contribution in [0.3, 0.4) is 0 Å². The number of nitrogens with zero attached hydrogens (tertiary/aromatic N) is 1. The summed E-state index contributed by atoms with van der Waals surface area (Å²) in [5.41, 5.74) is 0.745. The number of aliphatic hydroxyl groups excluding tert-OH is 1. The number of aryl methyl sites for hydroxylation is 1. The van der Waals surface area contributed by atoms with Gasteiger partial charge in [-0.1, -0.05) is 25.6 Å². The monoisotopic (exact) mass is 349 g/mol. The van der Waals surface area contributed by atoms with Crippen molar-refractivity contribution in [2.45, 2.75) is 39.2 Å². The first-order chi connectivity index (χ1) is 11.7. The summed E-state index contributed by atoms with van der Waals surface area (Å²) in [5.74, 6) is -1.83. The molecular formula is C19H24FNO4. The van der Waals surface area contributed by atoms with Crippen molar-refractivity contribution < 1.29 is 23.8 Å². The fourth-order valence-electron chi connectivity index (χ4n) is 2.91. The van der Waals surface area contributed by atoms with E-state index in [2.05, 4.69) is 6.58 Å². The van der Waals surface area contributed by atoms with Gasteiger partial charge in [0.1, 0.15) is 12.4 Å². The summed E-state index contributed by atoms with van der Waals surface area (Å²) < 4.78 is 19.1. The van der Waals surface area contributed by atoms with E-state index >= 15 is 0 Å². The van der Waals surface area contributed by atoms with Crippen LogP contribution in [0.15, 0.2) is 24.8 Å². The molecule has 5 nitrogen and oxygen atoms in total. The maximum atomic E-state index is 14.1. The number of cyclic esters (lactones) is 1. The zero-order chi connectivity index (χ0) is 18.8. The summed E-state index contributed by atoms with van der Waals surface area (Å²) in [6.07, 6.45) is -0.116. The molecule has 1 aromatic carbocycles. The maximum absolute atomic E-state index is 14.1. The number of hydrogen-bond acceptors (Lipinski definition) is 4. The van der Waals surface area contributed by atoms with Crippen LogP contribution in [0.5, 0.6) is 0 Å². The first kappa shape index (κ1) is 19.1. The average Bonchev–Trinajstić information content (AvgIpc) is 2.87. The predicted molar refractivity (Wildman–Crippen MR) is 92.3 cm³/mol. The predicted octanol–water partition coefficient (Wildman–Crippen LogP) is 3.29. The average molecular weight is 349 g/mol. The topological polar surface area (TPSA) is 66.8 Å². The molecule has 6 heteroatoms. The highest BCUT2D eigenvalue weighted by atomic mass is 19.1. The van der Waals surface area contributed by atoms with Gasteiger partial charge in [-0.3, -0.25) is 4.79 Å². The Kier molecular flexibility index (Phi) is 5.62. The number of aliphatic hydroxyl groups is 1. The lowest BCUT2D eigenvalue weighted by Gasteiger charge is -2.31. The molecule has 0 unspecified atom stereocenters. The van der Waals surface area contributed by atoms with Crippen LogP contribution >= 0.6 is 0 Å². The van der Waals surface area contributed by atoms with Gasteiger partial charge in [0, 0.05) is 5.56 Å². The summed E-state index contributed by atoms with van der Waals surface area (Å²) in [5, 5.41) is 9.66. The molecule has 1 aliphatic rings. The third-order valence-corrected chi connectivity index (χ3v) is 4.78. The summed E-state index contributed by atoms with van der Waals surface area (Å²) in [7, 11) is 0.